The highest BCUT2D eigenvalue weighted by Gasteiger charge is 2.34. The molecule has 1 unspecified atom stereocenters. The maximum atomic E-state index is 14.1. The van der Waals surface area contributed by atoms with Crippen LogP contribution in [0.3, 0.4) is 0 Å². The Morgan fingerprint density at radius 2 is 1.98 bits per heavy atom. The number of imidazole rings is 1. The fraction of sp³-hybridized carbons (Fsp3) is 0.552. The number of ether oxygens (including phenoxy) is 1. The number of anilines is 1. The third-order valence-electron chi connectivity index (χ3n) is 8.45. The van der Waals surface area contributed by atoms with Crippen molar-refractivity contribution in [2.75, 3.05) is 18.1 Å². The van der Waals surface area contributed by atoms with Crippen LogP contribution in [0.25, 0.3) is 33.8 Å². The molecule has 2 aliphatic rings. The van der Waals surface area contributed by atoms with E-state index in [1.165, 1.54) is 12.8 Å². The van der Waals surface area contributed by atoms with Gasteiger partial charge in [-0.2, -0.15) is 0 Å². The van der Waals surface area contributed by atoms with Crippen molar-refractivity contribution in [3.8, 4) is 22.8 Å². The van der Waals surface area contributed by atoms with Crippen LogP contribution in [0, 0.1) is 11.8 Å². The van der Waals surface area contributed by atoms with Crippen LogP contribution in [0.2, 0.25) is 5.02 Å². The van der Waals surface area contributed by atoms with E-state index in [-0.39, 0.29) is 18.0 Å². The van der Waals surface area contributed by atoms with Crippen LogP contribution in [0.1, 0.15) is 52.9 Å². The number of rotatable bonds is 7. The van der Waals surface area contributed by atoms with Crippen molar-refractivity contribution in [3.05, 3.63) is 40.1 Å². The summed E-state index contributed by atoms with van der Waals surface area (Å²) in [5.74, 6) is 1.56. The first-order valence-electron chi connectivity index (χ1n) is 14.4. The molecule has 10 nitrogen and oxygen atoms in total. The standard InChI is InChI=1S/C29H35ClFN7O3/c1-16-4-6-19(7-5-16)15-38-26-22(34-28(38)37-8-9-40-24(18(37)3)10-17(2)31)12-23(27-35-29(39)41-36-27)33-25(26)20-11-21(30)14-32-13-20/h11-14,16-19,24H,4-10,15H2,1-3H3,(H,35,36,39)/t16?,17?,18-,19?,24-/m1/s1. The molecule has 1 aliphatic heterocycles. The number of aromatic nitrogens is 6. The lowest BCUT2D eigenvalue weighted by atomic mass is 9.83. The first-order valence-corrected chi connectivity index (χ1v) is 14.8. The molecule has 1 N–H and O–H groups in total. The summed E-state index contributed by atoms with van der Waals surface area (Å²) in [6, 6.07) is 3.56. The van der Waals surface area contributed by atoms with E-state index in [1.807, 2.05) is 12.1 Å². The molecule has 1 aliphatic carbocycles. The average Bonchev–Trinajstić information content (AvgIpc) is 3.54. The Kier molecular flexibility index (Phi) is 7.82. The van der Waals surface area contributed by atoms with Gasteiger partial charge >= 0.3 is 5.76 Å². The Morgan fingerprint density at radius 3 is 2.68 bits per heavy atom. The minimum absolute atomic E-state index is 0.0838. The van der Waals surface area contributed by atoms with Crippen molar-refractivity contribution in [2.24, 2.45) is 11.8 Å². The highest BCUT2D eigenvalue weighted by molar-refractivity contribution is 6.30. The third-order valence-corrected chi connectivity index (χ3v) is 8.66. The molecule has 4 aromatic rings. The zero-order valence-corrected chi connectivity index (χ0v) is 24.3. The number of nitrogens with one attached hydrogen (secondary N) is 1. The lowest BCUT2D eigenvalue weighted by Gasteiger charge is -2.40. The van der Waals surface area contributed by atoms with Gasteiger partial charge < -0.3 is 14.2 Å². The molecule has 3 atom stereocenters. The molecule has 12 heteroatoms. The summed E-state index contributed by atoms with van der Waals surface area (Å²) >= 11 is 6.38. The van der Waals surface area contributed by atoms with E-state index >= 15 is 0 Å². The molecule has 0 aromatic carbocycles. The Labute approximate surface area is 242 Å². The van der Waals surface area contributed by atoms with E-state index in [0.29, 0.717) is 47.4 Å². The van der Waals surface area contributed by atoms with Gasteiger partial charge in [-0.25, -0.2) is 19.2 Å². The lowest BCUT2D eigenvalue weighted by molar-refractivity contribution is -0.00204. The van der Waals surface area contributed by atoms with E-state index in [0.717, 1.165) is 42.3 Å². The second-order valence-corrected chi connectivity index (χ2v) is 12.0. The first kappa shape index (κ1) is 27.8. The SMILES string of the molecule is CC(F)C[C@H]1OCCN(c2nc3cc(-c4noc(=O)[nH]4)nc(-c4cncc(Cl)c4)c3n2CC2CCC(C)CC2)[C@@H]1C. The van der Waals surface area contributed by atoms with Gasteiger partial charge in [0.2, 0.25) is 11.8 Å². The van der Waals surface area contributed by atoms with Gasteiger partial charge in [-0.05, 0) is 50.7 Å². The van der Waals surface area contributed by atoms with Crippen LogP contribution < -0.4 is 10.7 Å². The van der Waals surface area contributed by atoms with Gasteiger partial charge in [0.05, 0.1) is 46.7 Å². The van der Waals surface area contributed by atoms with Crippen molar-refractivity contribution < 1.29 is 13.7 Å². The van der Waals surface area contributed by atoms with Gasteiger partial charge in [-0.15, -0.1) is 0 Å². The summed E-state index contributed by atoms with van der Waals surface area (Å²) in [5, 5.41) is 4.35. The van der Waals surface area contributed by atoms with Crippen LogP contribution in [-0.2, 0) is 11.3 Å². The zero-order chi connectivity index (χ0) is 28.7. The summed E-state index contributed by atoms with van der Waals surface area (Å²) in [5.41, 5.74) is 3.32. The predicted molar refractivity (Wildman–Crippen MR) is 155 cm³/mol. The highest BCUT2D eigenvalue weighted by atomic mass is 35.5. The number of morpholine rings is 1. The second-order valence-electron chi connectivity index (χ2n) is 11.6. The molecule has 5 heterocycles. The summed E-state index contributed by atoms with van der Waals surface area (Å²) in [7, 11) is 0. The van der Waals surface area contributed by atoms with E-state index in [9.17, 15) is 9.18 Å². The number of aromatic amines is 1. The number of H-pyrrole nitrogens is 1. The fourth-order valence-corrected chi connectivity index (χ4v) is 6.40. The van der Waals surface area contributed by atoms with E-state index in [1.54, 1.807) is 19.3 Å². The molecule has 1 saturated carbocycles. The van der Waals surface area contributed by atoms with Gasteiger partial charge in [-0.3, -0.25) is 14.5 Å². The van der Waals surface area contributed by atoms with E-state index < -0.39 is 11.9 Å². The molecular formula is C29H35ClFN7O3. The van der Waals surface area contributed by atoms with Gasteiger partial charge in [-0.1, -0.05) is 36.5 Å². The molecule has 2 fully saturated rings. The summed E-state index contributed by atoms with van der Waals surface area (Å²) in [6.45, 7) is 7.86. The Bertz CT molecular complexity index is 1580. The van der Waals surface area contributed by atoms with Gasteiger partial charge in [0.1, 0.15) is 5.69 Å². The third kappa shape index (κ3) is 5.74. The number of nitrogens with zero attached hydrogens (tertiary/aromatic N) is 6. The zero-order valence-electron chi connectivity index (χ0n) is 23.5. The smallest absolute Gasteiger partial charge is 0.374 e. The number of pyridine rings is 2. The molecule has 218 valence electrons. The molecule has 0 radical (unpaired) electrons. The summed E-state index contributed by atoms with van der Waals surface area (Å²) < 4.78 is 27.1. The average molecular weight is 584 g/mol. The van der Waals surface area contributed by atoms with Crippen molar-refractivity contribution in [1.29, 1.82) is 0 Å². The van der Waals surface area contributed by atoms with E-state index in [4.69, 9.17) is 30.8 Å². The molecule has 0 amide bonds. The quantitative estimate of drug-likeness (QED) is 0.296. The van der Waals surface area contributed by atoms with Gasteiger partial charge in [0.15, 0.2) is 0 Å². The van der Waals surface area contributed by atoms with Crippen LogP contribution in [0.15, 0.2) is 33.8 Å². The molecular weight excluding hydrogens is 549 g/mol. The summed E-state index contributed by atoms with van der Waals surface area (Å²) in [4.78, 5) is 31.1. The van der Waals surface area contributed by atoms with Gasteiger partial charge in [0, 0.05) is 37.5 Å². The Balaban J connectivity index is 1.55. The second kappa shape index (κ2) is 11.5. The highest BCUT2D eigenvalue weighted by Crippen LogP contribution is 2.38. The summed E-state index contributed by atoms with van der Waals surface area (Å²) in [6.07, 6.45) is 7.08. The molecule has 0 bridgehead atoms. The van der Waals surface area contributed by atoms with Gasteiger partial charge in [0.25, 0.3) is 0 Å². The number of hydrogen-bond acceptors (Lipinski definition) is 8. The fourth-order valence-electron chi connectivity index (χ4n) is 6.22. The molecule has 6 rings (SSSR count). The molecule has 0 spiro atoms. The Morgan fingerprint density at radius 1 is 1.17 bits per heavy atom. The minimum atomic E-state index is -0.969. The minimum Gasteiger partial charge on any atom is -0.374 e. The molecule has 4 aromatic heterocycles. The van der Waals surface area contributed by atoms with E-state index in [2.05, 4.69) is 38.4 Å². The predicted octanol–water partition coefficient (Wildman–Crippen LogP) is 5.66. The monoisotopic (exact) mass is 583 g/mol. The van der Waals surface area contributed by atoms with Crippen molar-refractivity contribution in [3.63, 3.8) is 0 Å². The van der Waals surface area contributed by atoms with Crippen LogP contribution in [0.5, 0.6) is 0 Å². The van der Waals surface area contributed by atoms with Crippen molar-refractivity contribution in [1.82, 2.24) is 29.7 Å². The van der Waals surface area contributed by atoms with Crippen LogP contribution >= 0.6 is 11.6 Å². The topological polar surface area (TPSA) is 115 Å². The molecule has 41 heavy (non-hydrogen) atoms. The molecule has 1 saturated heterocycles. The van der Waals surface area contributed by atoms with Crippen molar-refractivity contribution >= 4 is 28.6 Å². The number of alkyl halides is 1. The lowest BCUT2D eigenvalue weighted by Crippen LogP contribution is -2.51. The largest absolute Gasteiger partial charge is 0.439 e. The maximum Gasteiger partial charge on any atom is 0.439 e. The number of fused-ring (bicyclic) bond motifs is 1. The first-order chi connectivity index (χ1) is 19.8. The number of hydrogen-bond donors (Lipinski definition) is 1. The maximum absolute atomic E-state index is 14.1. The van der Waals surface area contributed by atoms with Crippen LogP contribution in [-0.4, -0.2) is 61.1 Å². The Hall–Kier alpha value is -3.31. The van der Waals surface area contributed by atoms with Crippen LogP contribution in [0.4, 0.5) is 10.3 Å². The van der Waals surface area contributed by atoms with Crippen molar-refractivity contribution in [2.45, 2.75) is 77.7 Å². The normalized spacial score (nSPS) is 24.2. The number of halogens is 2.